The lowest BCUT2D eigenvalue weighted by Gasteiger charge is -2.23. The molecule has 60 valence electrons. The lowest BCUT2D eigenvalue weighted by molar-refractivity contribution is 0.461. The summed E-state index contributed by atoms with van der Waals surface area (Å²) in [5.41, 5.74) is 4.40. The minimum atomic E-state index is 0.969. The summed E-state index contributed by atoms with van der Waals surface area (Å²) in [4.78, 5) is 0. The van der Waals surface area contributed by atoms with Gasteiger partial charge in [-0.05, 0) is 6.92 Å². The summed E-state index contributed by atoms with van der Waals surface area (Å²) in [6, 6.07) is 2.06. The molecule has 0 amide bonds. The second-order valence-electron chi connectivity index (χ2n) is 2.88. The molecule has 0 bridgehead atoms. The first kappa shape index (κ1) is 6.73. The molecule has 1 aliphatic rings. The summed E-state index contributed by atoms with van der Waals surface area (Å²) in [6.45, 7) is 2.95. The van der Waals surface area contributed by atoms with Gasteiger partial charge in [0.1, 0.15) is 11.5 Å². The van der Waals surface area contributed by atoms with Crippen molar-refractivity contribution in [3.8, 4) is 0 Å². The minimum Gasteiger partial charge on any atom is -0.464 e. The third-order valence-electron chi connectivity index (χ3n) is 1.97. The average Bonchev–Trinajstić information content (AvgIpc) is 2.31. The number of fused-ring (bicyclic) bond motifs is 1. The van der Waals surface area contributed by atoms with Crippen LogP contribution >= 0.6 is 0 Å². The van der Waals surface area contributed by atoms with E-state index in [9.17, 15) is 0 Å². The SMILES string of the molecule is Cc1cc2c(o1)CCNN2C. The number of anilines is 1. The van der Waals surface area contributed by atoms with Crippen molar-refractivity contribution < 1.29 is 4.42 Å². The lowest BCUT2D eigenvalue weighted by Crippen LogP contribution is -2.39. The fraction of sp³-hybridized carbons (Fsp3) is 0.500. The van der Waals surface area contributed by atoms with E-state index in [1.54, 1.807) is 0 Å². The van der Waals surface area contributed by atoms with E-state index in [1.807, 2.05) is 19.0 Å². The summed E-state index contributed by atoms with van der Waals surface area (Å²) in [5, 5.41) is 2.01. The molecule has 1 N–H and O–H groups in total. The molecule has 1 aromatic heterocycles. The van der Waals surface area contributed by atoms with E-state index < -0.39 is 0 Å². The van der Waals surface area contributed by atoms with Crippen LogP contribution < -0.4 is 10.4 Å². The standard InChI is InChI=1S/C8H12N2O/c1-6-5-7-8(11-6)3-4-9-10(7)2/h5,9H,3-4H2,1-2H3. The van der Waals surface area contributed by atoms with E-state index in [1.165, 1.54) is 5.69 Å². The van der Waals surface area contributed by atoms with Crippen LogP contribution in [-0.4, -0.2) is 13.6 Å². The smallest absolute Gasteiger partial charge is 0.130 e. The van der Waals surface area contributed by atoms with Crippen LogP contribution in [0.1, 0.15) is 11.5 Å². The predicted molar refractivity (Wildman–Crippen MR) is 43.6 cm³/mol. The quantitative estimate of drug-likeness (QED) is 0.603. The van der Waals surface area contributed by atoms with E-state index >= 15 is 0 Å². The molecule has 0 atom stereocenters. The van der Waals surface area contributed by atoms with Gasteiger partial charge in [0.25, 0.3) is 0 Å². The van der Waals surface area contributed by atoms with Crippen molar-refractivity contribution in [2.45, 2.75) is 13.3 Å². The van der Waals surface area contributed by atoms with Crippen molar-refractivity contribution >= 4 is 5.69 Å². The highest BCUT2D eigenvalue weighted by atomic mass is 16.3. The number of aryl methyl sites for hydroxylation is 1. The van der Waals surface area contributed by atoms with E-state index in [-0.39, 0.29) is 0 Å². The molecule has 2 heterocycles. The normalized spacial score (nSPS) is 16.7. The average molecular weight is 152 g/mol. The largest absolute Gasteiger partial charge is 0.464 e. The molecule has 0 unspecified atom stereocenters. The Morgan fingerprint density at radius 2 is 2.45 bits per heavy atom. The van der Waals surface area contributed by atoms with Crippen LogP contribution in [0.5, 0.6) is 0 Å². The van der Waals surface area contributed by atoms with Gasteiger partial charge in [-0.2, -0.15) is 0 Å². The maximum atomic E-state index is 5.49. The lowest BCUT2D eigenvalue weighted by atomic mass is 10.2. The molecule has 3 nitrogen and oxygen atoms in total. The fourth-order valence-electron chi connectivity index (χ4n) is 1.43. The number of rotatable bonds is 0. The van der Waals surface area contributed by atoms with Crippen molar-refractivity contribution in [3.05, 3.63) is 17.6 Å². The molecule has 0 aromatic carbocycles. The highest BCUT2D eigenvalue weighted by Crippen LogP contribution is 2.25. The van der Waals surface area contributed by atoms with Crippen molar-refractivity contribution in [1.82, 2.24) is 5.43 Å². The van der Waals surface area contributed by atoms with Gasteiger partial charge in [-0.15, -0.1) is 0 Å². The van der Waals surface area contributed by atoms with Gasteiger partial charge in [0.2, 0.25) is 0 Å². The van der Waals surface area contributed by atoms with Crippen LogP contribution in [0.25, 0.3) is 0 Å². The molecule has 1 aliphatic heterocycles. The third kappa shape index (κ3) is 1.01. The number of hydrazine groups is 1. The first-order chi connectivity index (χ1) is 5.27. The number of furan rings is 1. The van der Waals surface area contributed by atoms with E-state index in [4.69, 9.17) is 4.42 Å². The van der Waals surface area contributed by atoms with E-state index in [0.29, 0.717) is 0 Å². The topological polar surface area (TPSA) is 28.4 Å². The molecule has 3 heteroatoms. The Balaban J connectivity index is 2.43. The van der Waals surface area contributed by atoms with Crippen molar-refractivity contribution in [2.75, 3.05) is 18.6 Å². The van der Waals surface area contributed by atoms with E-state index in [2.05, 4.69) is 11.5 Å². The van der Waals surface area contributed by atoms with Gasteiger partial charge in [0, 0.05) is 26.1 Å². The van der Waals surface area contributed by atoms with Gasteiger partial charge in [-0.3, -0.25) is 0 Å². The Kier molecular flexibility index (Phi) is 1.39. The first-order valence-corrected chi connectivity index (χ1v) is 3.84. The second kappa shape index (κ2) is 2.27. The van der Waals surface area contributed by atoms with Gasteiger partial charge >= 0.3 is 0 Å². The maximum Gasteiger partial charge on any atom is 0.130 e. The zero-order valence-corrected chi connectivity index (χ0v) is 6.85. The molecule has 0 saturated heterocycles. The number of nitrogens with zero attached hydrogens (tertiary/aromatic N) is 1. The molecular formula is C8H12N2O. The summed E-state index contributed by atoms with van der Waals surface area (Å²) in [6.07, 6.45) is 0.994. The van der Waals surface area contributed by atoms with Gasteiger partial charge in [0.15, 0.2) is 0 Å². The number of hydrogen-bond acceptors (Lipinski definition) is 3. The molecular weight excluding hydrogens is 140 g/mol. The highest BCUT2D eigenvalue weighted by molar-refractivity contribution is 5.51. The zero-order valence-electron chi connectivity index (χ0n) is 6.85. The molecule has 0 saturated carbocycles. The molecule has 0 aliphatic carbocycles. The molecule has 2 rings (SSSR count). The number of hydrogen-bond donors (Lipinski definition) is 1. The monoisotopic (exact) mass is 152 g/mol. The van der Waals surface area contributed by atoms with Crippen LogP contribution in [0, 0.1) is 6.92 Å². The summed E-state index contributed by atoms with van der Waals surface area (Å²) >= 11 is 0. The molecule has 0 radical (unpaired) electrons. The van der Waals surface area contributed by atoms with Gasteiger partial charge in [0.05, 0.1) is 5.69 Å². The van der Waals surface area contributed by atoms with Crippen LogP contribution in [0.4, 0.5) is 5.69 Å². The van der Waals surface area contributed by atoms with Crippen LogP contribution in [-0.2, 0) is 6.42 Å². The van der Waals surface area contributed by atoms with Crippen LogP contribution in [0.2, 0.25) is 0 Å². The Hall–Kier alpha value is -0.960. The first-order valence-electron chi connectivity index (χ1n) is 3.84. The third-order valence-corrected chi connectivity index (χ3v) is 1.97. The molecule has 0 spiro atoms. The Labute approximate surface area is 66.0 Å². The summed E-state index contributed by atoms with van der Waals surface area (Å²) in [5.74, 6) is 2.09. The Morgan fingerprint density at radius 1 is 1.64 bits per heavy atom. The van der Waals surface area contributed by atoms with E-state index in [0.717, 1.165) is 24.5 Å². The Morgan fingerprint density at radius 3 is 3.18 bits per heavy atom. The number of nitrogens with one attached hydrogen (secondary N) is 1. The maximum absolute atomic E-state index is 5.49. The second-order valence-corrected chi connectivity index (χ2v) is 2.88. The summed E-state index contributed by atoms with van der Waals surface area (Å²) < 4.78 is 5.49. The summed E-state index contributed by atoms with van der Waals surface area (Å²) in [7, 11) is 2.01. The zero-order chi connectivity index (χ0) is 7.84. The minimum absolute atomic E-state index is 0.969. The van der Waals surface area contributed by atoms with Crippen LogP contribution in [0.15, 0.2) is 10.5 Å². The predicted octanol–water partition coefficient (Wildman–Crippen LogP) is 1.08. The van der Waals surface area contributed by atoms with Crippen LogP contribution in [0.3, 0.4) is 0 Å². The molecule has 0 fully saturated rings. The van der Waals surface area contributed by atoms with Crippen molar-refractivity contribution in [3.63, 3.8) is 0 Å². The van der Waals surface area contributed by atoms with Crippen molar-refractivity contribution in [2.24, 2.45) is 0 Å². The van der Waals surface area contributed by atoms with Crippen molar-refractivity contribution in [1.29, 1.82) is 0 Å². The molecule has 11 heavy (non-hydrogen) atoms. The Bertz CT molecular complexity index is 267. The molecule has 1 aromatic rings. The highest BCUT2D eigenvalue weighted by Gasteiger charge is 2.16. The fourth-order valence-corrected chi connectivity index (χ4v) is 1.43. The van der Waals surface area contributed by atoms with Gasteiger partial charge in [-0.25, -0.2) is 5.43 Å². The van der Waals surface area contributed by atoms with Gasteiger partial charge < -0.3 is 9.43 Å². The van der Waals surface area contributed by atoms with Gasteiger partial charge in [-0.1, -0.05) is 0 Å².